The van der Waals surface area contributed by atoms with Gasteiger partial charge in [0.2, 0.25) is 6.79 Å². The number of unbranched alkanes of at least 4 members (excludes halogenated alkanes) is 1. The van der Waals surface area contributed by atoms with Crippen molar-refractivity contribution >= 4 is 11.7 Å². The molecule has 2 N–H and O–H groups in total. The van der Waals surface area contributed by atoms with Crippen molar-refractivity contribution in [2.45, 2.75) is 26.3 Å². The van der Waals surface area contributed by atoms with Gasteiger partial charge in [-0.25, -0.2) is 0 Å². The van der Waals surface area contributed by atoms with Gasteiger partial charge in [-0.15, -0.1) is 10.2 Å². The Morgan fingerprint density at radius 3 is 2.83 bits per heavy atom. The maximum absolute atomic E-state index is 11.9. The van der Waals surface area contributed by atoms with Crippen molar-refractivity contribution < 1.29 is 14.3 Å². The average Bonchev–Trinajstić information content (AvgIpc) is 3.08. The molecule has 1 amide bonds. The first-order valence-corrected chi connectivity index (χ1v) is 8.00. The fourth-order valence-electron chi connectivity index (χ4n) is 2.26. The molecular weight excluding hydrogens is 308 g/mol. The maximum atomic E-state index is 11.9. The molecule has 0 saturated heterocycles. The summed E-state index contributed by atoms with van der Waals surface area (Å²) in [7, 11) is 0. The highest BCUT2D eigenvalue weighted by molar-refractivity contribution is 5.92. The molecule has 0 saturated carbocycles. The number of nitrogens with zero attached hydrogens (tertiary/aromatic N) is 2. The number of ether oxygens (including phenoxy) is 2. The molecule has 0 radical (unpaired) electrons. The van der Waals surface area contributed by atoms with Crippen molar-refractivity contribution in [3.8, 4) is 11.5 Å². The van der Waals surface area contributed by atoms with E-state index in [-0.39, 0.29) is 12.7 Å². The van der Waals surface area contributed by atoms with E-state index in [4.69, 9.17) is 9.47 Å². The molecule has 1 aliphatic heterocycles. The highest BCUT2D eigenvalue weighted by Gasteiger charge is 2.13. The van der Waals surface area contributed by atoms with E-state index in [1.807, 2.05) is 18.2 Å². The van der Waals surface area contributed by atoms with Crippen LogP contribution in [0.5, 0.6) is 11.5 Å². The highest BCUT2D eigenvalue weighted by Crippen LogP contribution is 2.32. The molecule has 2 aromatic rings. The Bertz CT molecular complexity index is 703. The van der Waals surface area contributed by atoms with E-state index in [9.17, 15) is 4.79 Å². The standard InChI is InChI=1S/C17H20N4O3/c1-2-3-8-18-17(22)13-5-7-16(21-20-13)19-10-12-4-6-14-15(9-12)24-11-23-14/h4-7,9H,2-3,8,10-11H2,1H3,(H,18,22)(H,19,21). The number of carbonyl (C=O) groups excluding carboxylic acids is 1. The van der Waals surface area contributed by atoms with Crippen molar-refractivity contribution in [3.63, 3.8) is 0 Å². The van der Waals surface area contributed by atoms with Gasteiger partial charge in [-0.2, -0.15) is 0 Å². The Morgan fingerprint density at radius 1 is 1.17 bits per heavy atom. The normalized spacial score (nSPS) is 12.0. The molecule has 3 rings (SSSR count). The van der Waals surface area contributed by atoms with Gasteiger partial charge in [0, 0.05) is 13.1 Å². The van der Waals surface area contributed by atoms with E-state index >= 15 is 0 Å². The molecule has 126 valence electrons. The third kappa shape index (κ3) is 3.92. The molecule has 0 spiro atoms. The number of carbonyl (C=O) groups is 1. The molecular formula is C17H20N4O3. The fourth-order valence-corrected chi connectivity index (χ4v) is 2.26. The number of amides is 1. The molecule has 1 aliphatic rings. The molecule has 1 aromatic heterocycles. The highest BCUT2D eigenvalue weighted by atomic mass is 16.7. The second kappa shape index (κ2) is 7.63. The largest absolute Gasteiger partial charge is 0.454 e. The molecule has 1 aromatic carbocycles. The first kappa shape index (κ1) is 16.0. The van der Waals surface area contributed by atoms with Gasteiger partial charge < -0.3 is 20.1 Å². The number of nitrogens with one attached hydrogen (secondary N) is 2. The summed E-state index contributed by atoms with van der Waals surface area (Å²) in [6, 6.07) is 9.18. The van der Waals surface area contributed by atoms with Crippen LogP contribution in [-0.4, -0.2) is 29.4 Å². The summed E-state index contributed by atoms with van der Waals surface area (Å²) < 4.78 is 10.6. The number of benzene rings is 1. The van der Waals surface area contributed by atoms with E-state index in [0.29, 0.717) is 24.6 Å². The Labute approximate surface area is 140 Å². The molecule has 0 aliphatic carbocycles. The van der Waals surface area contributed by atoms with E-state index < -0.39 is 0 Å². The smallest absolute Gasteiger partial charge is 0.271 e. The molecule has 0 fully saturated rings. The van der Waals surface area contributed by atoms with Gasteiger partial charge in [0.05, 0.1) is 0 Å². The van der Waals surface area contributed by atoms with Crippen LogP contribution < -0.4 is 20.1 Å². The zero-order valence-electron chi connectivity index (χ0n) is 13.5. The SMILES string of the molecule is CCCCNC(=O)c1ccc(NCc2ccc3c(c2)OCO3)nn1. The first-order chi connectivity index (χ1) is 11.8. The number of aromatic nitrogens is 2. The molecule has 0 unspecified atom stereocenters. The number of hydrogen-bond acceptors (Lipinski definition) is 6. The molecule has 24 heavy (non-hydrogen) atoms. The quantitative estimate of drug-likeness (QED) is 0.759. The third-order valence-electron chi connectivity index (χ3n) is 3.62. The van der Waals surface area contributed by atoms with Crippen LogP contribution in [0.3, 0.4) is 0 Å². The van der Waals surface area contributed by atoms with Crippen LogP contribution in [0.2, 0.25) is 0 Å². The minimum atomic E-state index is -0.196. The summed E-state index contributed by atoms with van der Waals surface area (Å²) in [6.45, 7) is 3.57. The van der Waals surface area contributed by atoms with E-state index in [1.165, 1.54) is 0 Å². The van der Waals surface area contributed by atoms with Crippen LogP contribution in [0.4, 0.5) is 5.82 Å². The van der Waals surface area contributed by atoms with Crippen LogP contribution in [-0.2, 0) is 6.54 Å². The van der Waals surface area contributed by atoms with Crippen LogP contribution in [0.1, 0.15) is 35.8 Å². The predicted molar refractivity (Wildman–Crippen MR) is 89.2 cm³/mol. The lowest BCUT2D eigenvalue weighted by atomic mass is 10.2. The van der Waals surface area contributed by atoms with Crippen LogP contribution in [0, 0.1) is 0 Å². The van der Waals surface area contributed by atoms with Gasteiger partial charge in [0.25, 0.3) is 5.91 Å². The Hall–Kier alpha value is -2.83. The van der Waals surface area contributed by atoms with Gasteiger partial charge in [0.1, 0.15) is 5.82 Å². The second-order valence-corrected chi connectivity index (χ2v) is 5.45. The van der Waals surface area contributed by atoms with Crippen molar-refractivity contribution in [1.29, 1.82) is 0 Å². The number of fused-ring (bicyclic) bond motifs is 1. The van der Waals surface area contributed by atoms with Gasteiger partial charge in [-0.1, -0.05) is 19.4 Å². The zero-order valence-corrected chi connectivity index (χ0v) is 13.5. The summed E-state index contributed by atoms with van der Waals surface area (Å²) in [5.41, 5.74) is 1.36. The minimum Gasteiger partial charge on any atom is -0.454 e. The lowest BCUT2D eigenvalue weighted by Crippen LogP contribution is -2.25. The topological polar surface area (TPSA) is 85.4 Å². The van der Waals surface area contributed by atoms with Crippen molar-refractivity contribution in [2.75, 3.05) is 18.7 Å². The summed E-state index contributed by atoms with van der Waals surface area (Å²) in [4.78, 5) is 11.9. The van der Waals surface area contributed by atoms with Crippen molar-refractivity contribution in [3.05, 3.63) is 41.6 Å². The molecule has 7 nitrogen and oxygen atoms in total. The Balaban J connectivity index is 1.53. The maximum Gasteiger partial charge on any atom is 0.271 e. The molecule has 7 heteroatoms. The second-order valence-electron chi connectivity index (χ2n) is 5.45. The first-order valence-electron chi connectivity index (χ1n) is 8.00. The van der Waals surface area contributed by atoms with Gasteiger partial charge >= 0.3 is 0 Å². The number of anilines is 1. The van der Waals surface area contributed by atoms with Crippen molar-refractivity contribution in [1.82, 2.24) is 15.5 Å². The average molecular weight is 328 g/mol. The van der Waals surface area contributed by atoms with Gasteiger partial charge in [-0.3, -0.25) is 4.79 Å². The van der Waals surface area contributed by atoms with Crippen LogP contribution in [0.15, 0.2) is 30.3 Å². The summed E-state index contributed by atoms with van der Waals surface area (Å²) in [5.74, 6) is 1.92. The van der Waals surface area contributed by atoms with Gasteiger partial charge in [-0.05, 0) is 36.2 Å². The summed E-state index contributed by atoms with van der Waals surface area (Å²) in [5, 5.41) is 14.0. The summed E-state index contributed by atoms with van der Waals surface area (Å²) >= 11 is 0. The lowest BCUT2D eigenvalue weighted by Gasteiger charge is -2.07. The van der Waals surface area contributed by atoms with E-state index in [0.717, 1.165) is 29.9 Å². The van der Waals surface area contributed by atoms with Gasteiger partial charge in [0.15, 0.2) is 17.2 Å². The van der Waals surface area contributed by atoms with E-state index in [1.54, 1.807) is 12.1 Å². The van der Waals surface area contributed by atoms with Crippen molar-refractivity contribution in [2.24, 2.45) is 0 Å². The molecule has 0 atom stereocenters. The Kier molecular flexibility index (Phi) is 5.10. The minimum absolute atomic E-state index is 0.196. The lowest BCUT2D eigenvalue weighted by molar-refractivity contribution is 0.0947. The number of rotatable bonds is 7. The Morgan fingerprint density at radius 2 is 2.04 bits per heavy atom. The predicted octanol–water partition coefficient (Wildman–Crippen LogP) is 2.35. The zero-order chi connectivity index (χ0) is 16.8. The van der Waals surface area contributed by atoms with Crippen LogP contribution in [0.25, 0.3) is 0 Å². The van der Waals surface area contributed by atoms with E-state index in [2.05, 4.69) is 27.8 Å². The summed E-state index contributed by atoms with van der Waals surface area (Å²) in [6.07, 6.45) is 1.99. The fraction of sp³-hybridized carbons (Fsp3) is 0.353. The number of hydrogen-bond donors (Lipinski definition) is 2. The molecule has 2 heterocycles. The van der Waals surface area contributed by atoms with Crippen LogP contribution >= 0.6 is 0 Å². The molecule has 0 bridgehead atoms. The third-order valence-corrected chi connectivity index (χ3v) is 3.62. The monoisotopic (exact) mass is 328 g/mol.